The molecule has 6 nitrogen and oxygen atoms in total. The predicted octanol–water partition coefficient (Wildman–Crippen LogP) is 6.85. The Morgan fingerprint density at radius 1 is 1.00 bits per heavy atom. The summed E-state index contributed by atoms with van der Waals surface area (Å²) in [6, 6.07) is 26.9. The van der Waals surface area contributed by atoms with Gasteiger partial charge in [0.1, 0.15) is 11.4 Å². The van der Waals surface area contributed by atoms with Gasteiger partial charge in [0.2, 0.25) is 5.89 Å². The maximum Gasteiger partial charge on any atom is 0.344 e. The third kappa shape index (κ3) is 5.50. The van der Waals surface area contributed by atoms with E-state index in [1.807, 2.05) is 48.5 Å². The lowest BCUT2D eigenvalue weighted by Gasteiger charge is -2.32. The SMILES string of the molecule is CCOC(=O)COc1cccc2c1CCC2N(Cc1nc(-c2ccccc2)c(-c2ccccc2)o1)C(C)C. The fourth-order valence-corrected chi connectivity index (χ4v) is 5.24. The second kappa shape index (κ2) is 11.7. The summed E-state index contributed by atoms with van der Waals surface area (Å²) >= 11 is 0. The molecule has 0 N–H and O–H groups in total. The van der Waals surface area contributed by atoms with Crippen molar-refractivity contribution in [2.45, 2.75) is 52.2 Å². The Labute approximate surface area is 224 Å². The van der Waals surface area contributed by atoms with Crippen LogP contribution >= 0.6 is 0 Å². The number of carbonyl (C=O) groups is 1. The third-order valence-corrected chi connectivity index (χ3v) is 6.98. The molecule has 0 bridgehead atoms. The Kier molecular flexibility index (Phi) is 7.89. The van der Waals surface area contributed by atoms with Gasteiger partial charge in [-0.15, -0.1) is 0 Å². The lowest BCUT2D eigenvalue weighted by Crippen LogP contribution is -2.33. The van der Waals surface area contributed by atoms with Crippen LogP contribution in [0.3, 0.4) is 0 Å². The summed E-state index contributed by atoms with van der Waals surface area (Å²) in [4.78, 5) is 19.3. The first-order valence-electron chi connectivity index (χ1n) is 13.3. The molecule has 0 saturated heterocycles. The molecule has 6 heteroatoms. The molecule has 0 aliphatic heterocycles. The fourth-order valence-electron chi connectivity index (χ4n) is 5.24. The van der Waals surface area contributed by atoms with Crippen molar-refractivity contribution >= 4 is 5.97 Å². The minimum absolute atomic E-state index is 0.0797. The van der Waals surface area contributed by atoms with Crippen molar-refractivity contribution < 1.29 is 18.7 Å². The number of esters is 1. The van der Waals surface area contributed by atoms with Crippen LogP contribution in [0.5, 0.6) is 5.75 Å². The van der Waals surface area contributed by atoms with Gasteiger partial charge in [-0.1, -0.05) is 72.8 Å². The fraction of sp³-hybridized carbons (Fsp3) is 0.312. The number of nitrogens with zero attached hydrogens (tertiary/aromatic N) is 2. The van der Waals surface area contributed by atoms with Gasteiger partial charge in [0.25, 0.3) is 0 Å². The van der Waals surface area contributed by atoms with E-state index in [1.54, 1.807) is 6.92 Å². The van der Waals surface area contributed by atoms with E-state index in [-0.39, 0.29) is 24.7 Å². The Bertz CT molecular complexity index is 1310. The first-order valence-corrected chi connectivity index (χ1v) is 13.3. The highest BCUT2D eigenvalue weighted by molar-refractivity contribution is 5.76. The van der Waals surface area contributed by atoms with E-state index >= 15 is 0 Å². The summed E-state index contributed by atoms with van der Waals surface area (Å²) in [7, 11) is 0. The molecule has 4 aromatic rings. The van der Waals surface area contributed by atoms with Crippen LogP contribution in [0, 0.1) is 0 Å². The van der Waals surface area contributed by atoms with E-state index in [0.717, 1.165) is 46.7 Å². The molecule has 1 unspecified atom stereocenters. The largest absolute Gasteiger partial charge is 0.482 e. The molecule has 38 heavy (non-hydrogen) atoms. The first kappa shape index (κ1) is 25.7. The highest BCUT2D eigenvalue weighted by Crippen LogP contribution is 2.42. The van der Waals surface area contributed by atoms with E-state index in [9.17, 15) is 4.79 Å². The van der Waals surface area contributed by atoms with Gasteiger partial charge in [-0.25, -0.2) is 9.78 Å². The average Bonchev–Trinajstić information content (AvgIpc) is 3.56. The van der Waals surface area contributed by atoms with Gasteiger partial charge < -0.3 is 13.9 Å². The van der Waals surface area contributed by atoms with Crippen molar-refractivity contribution in [1.82, 2.24) is 9.88 Å². The highest BCUT2D eigenvalue weighted by atomic mass is 16.6. The number of hydrogen-bond acceptors (Lipinski definition) is 6. The Morgan fingerprint density at radius 2 is 1.71 bits per heavy atom. The van der Waals surface area contributed by atoms with E-state index in [4.69, 9.17) is 18.9 Å². The molecule has 0 saturated carbocycles. The van der Waals surface area contributed by atoms with Crippen molar-refractivity contribution in [3.05, 3.63) is 95.9 Å². The van der Waals surface area contributed by atoms with Crippen LogP contribution < -0.4 is 4.74 Å². The Morgan fingerprint density at radius 3 is 2.39 bits per heavy atom. The lowest BCUT2D eigenvalue weighted by molar-refractivity contribution is -0.145. The standard InChI is InChI=1S/C32H34N2O4/c1-4-36-30(35)21-37-28-17-11-16-25-26(28)18-19-27(25)34(22(2)3)20-29-33-31(23-12-7-5-8-13-23)32(38-29)24-14-9-6-10-15-24/h5-17,22,27H,4,18-21H2,1-3H3. The minimum Gasteiger partial charge on any atom is -0.482 e. The van der Waals surface area contributed by atoms with Gasteiger partial charge in [-0.3, -0.25) is 4.90 Å². The lowest BCUT2D eigenvalue weighted by atomic mass is 10.0. The molecule has 0 spiro atoms. The van der Waals surface area contributed by atoms with Crippen molar-refractivity contribution in [3.63, 3.8) is 0 Å². The minimum atomic E-state index is -0.351. The Balaban J connectivity index is 1.43. The number of hydrogen-bond donors (Lipinski definition) is 0. The van der Waals surface area contributed by atoms with Gasteiger partial charge in [0.05, 0.1) is 13.2 Å². The molecule has 5 rings (SSSR count). The number of fused-ring (bicyclic) bond motifs is 1. The van der Waals surface area contributed by atoms with Gasteiger partial charge in [-0.2, -0.15) is 0 Å². The molecule has 196 valence electrons. The number of carbonyl (C=O) groups excluding carboxylic acids is 1. The van der Waals surface area contributed by atoms with Crippen LogP contribution in [0.15, 0.2) is 83.3 Å². The maximum absolute atomic E-state index is 11.8. The van der Waals surface area contributed by atoms with E-state index in [0.29, 0.717) is 19.0 Å². The van der Waals surface area contributed by atoms with Crippen molar-refractivity contribution in [2.24, 2.45) is 0 Å². The van der Waals surface area contributed by atoms with E-state index < -0.39 is 0 Å². The van der Waals surface area contributed by atoms with Crippen LogP contribution in [0.25, 0.3) is 22.6 Å². The molecule has 0 fully saturated rings. The molecular formula is C32H34N2O4. The third-order valence-electron chi connectivity index (χ3n) is 6.98. The van der Waals surface area contributed by atoms with Crippen molar-refractivity contribution in [2.75, 3.05) is 13.2 Å². The molecular weight excluding hydrogens is 476 g/mol. The van der Waals surface area contributed by atoms with Gasteiger partial charge >= 0.3 is 5.97 Å². The van der Waals surface area contributed by atoms with Crippen LogP contribution in [0.2, 0.25) is 0 Å². The van der Waals surface area contributed by atoms with Crippen LogP contribution in [0.4, 0.5) is 0 Å². The van der Waals surface area contributed by atoms with E-state index in [2.05, 4.69) is 49.1 Å². The van der Waals surface area contributed by atoms with Crippen LogP contribution in [-0.2, 0) is 22.5 Å². The molecule has 0 amide bonds. The quantitative estimate of drug-likeness (QED) is 0.218. The second-order valence-electron chi connectivity index (χ2n) is 9.76. The van der Waals surface area contributed by atoms with E-state index in [1.165, 1.54) is 5.56 Å². The zero-order valence-corrected chi connectivity index (χ0v) is 22.2. The molecule has 3 aromatic carbocycles. The number of aromatic nitrogens is 1. The van der Waals surface area contributed by atoms with Gasteiger partial charge in [0.15, 0.2) is 12.4 Å². The summed E-state index contributed by atoms with van der Waals surface area (Å²) in [5.41, 5.74) is 5.30. The summed E-state index contributed by atoms with van der Waals surface area (Å²) in [5, 5.41) is 0. The van der Waals surface area contributed by atoms with Crippen LogP contribution in [-0.4, -0.2) is 35.1 Å². The number of oxazole rings is 1. The normalized spacial score (nSPS) is 14.6. The molecule has 1 atom stereocenters. The summed E-state index contributed by atoms with van der Waals surface area (Å²) in [6.45, 7) is 7.06. The number of benzene rings is 3. The molecule has 0 radical (unpaired) electrons. The molecule has 1 aromatic heterocycles. The number of ether oxygens (including phenoxy) is 2. The molecule has 1 aliphatic carbocycles. The zero-order chi connectivity index (χ0) is 26.5. The topological polar surface area (TPSA) is 64.8 Å². The summed E-state index contributed by atoms with van der Waals surface area (Å²) in [6.07, 6.45) is 1.85. The first-order chi connectivity index (χ1) is 18.5. The van der Waals surface area contributed by atoms with Crippen molar-refractivity contribution in [1.29, 1.82) is 0 Å². The molecule has 1 heterocycles. The summed E-state index contributed by atoms with van der Waals surface area (Å²) in [5.74, 6) is 1.89. The monoisotopic (exact) mass is 510 g/mol. The number of rotatable bonds is 10. The summed E-state index contributed by atoms with van der Waals surface area (Å²) < 4.78 is 17.4. The van der Waals surface area contributed by atoms with Crippen molar-refractivity contribution in [3.8, 4) is 28.3 Å². The molecule has 1 aliphatic rings. The Hall–Kier alpha value is -3.90. The highest BCUT2D eigenvalue weighted by Gasteiger charge is 2.33. The average molecular weight is 511 g/mol. The zero-order valence-electron chi connectivity index (χ0n) is 22.2. The van der Waals surface area contributed by atoms with Gasteiger partial charge in [0, 0.05) is 23.2 Å². The maximum atomic E-state index is 11.8. The second-order valence-corrected chi connectivity index (χ2v) is 9.76. The predicted molar refractivity (Wildman–Crippen MR) is 148 cm³/mol. The smallest absolute Gasteiger partial charge is 0.344 e. The van der Waals surface area contributed by atoms with Gasteiger partial charge in [-0.05, 0) is 50.8 Å². The van der Waals surface area contributed by atoms with Crippen LogP contribution in [0.1, 0.15) is 50.3 Å².